The first kappa shape index (κ1) is 19.2. The molecule has 1 fully saturated rings. The largest absolute Gasteiger partial charge is 0.462 e. The number of carbonyl (C=O) groups excluding carboxylic acids is 1. The van der Waals surface area contributed by atoms with Crippen LogP contribution < -0.4 is 4.90 Å². The molecule has 2 aromatic rings. The quantitative estimate of drug-likeness (QED) is 0.449. The fourth-order valence-electron chi connectivity index (χ4n) is 3.35. The number of benzene rings is 2. The molecule has 1 N–H and O–H groups in total. The molecule has 0 radical (unpaired) electrons. The maximum Gasteiger partial charge on any atom is 0.350 e. The number of halogens is 1. The van der Waals surface area contributed by atoms with E-state index in [1.54, 1.807) is 11.8 Å². The first-order valence-corrected chi connectivity index (χ1v) is 9.44. The van der Waals surface area contributed by atoms with Crippen LogP contribution in [0.2, 0.25) is 0 Å². The zero-order valence-corrected chi connectivity index (χ0v) is 16.4. The predicted molar refractivity (Wildman–Crippen MR) is 105 cm³/mol. The second kappa shape index (κ2) is 7.95. The first-order chi connectivity index (χ1) is 13.0. The van der Waals surface area contributed by atoms with E-state index in [-0.39, 0.29) is 12.2 Å². The van der Waals surface area contributed by atoms with Gasteiger partial charge in [0.05, 0.1) is 6.61 Å². The molecule has 3 rings (SSSR count). The Balaban J connectivity index is 2.19. The third kappa shape index (κ3) is 3.61. The Bertz CT molecular complexity index is 903. The number of anilines is 1. The van der Waals surface area contributed by atoms with Crippen LogP contribution in [0.5, 0.6) is 0 Å². The van der Waals surface area contributed by atoms with Crippen molar-refractivity contribution in [2.45, 2.75) is 25.5 Å². The number of esters is 1. The minimum Gasteiger partial charge on any atom is -0.462 e. The van der Waals surface area contributed by atoms with Gasteiger partial charge in [-0.05, 0) is 37.6 Å². The van der Waals surface area contributed by atoms with E-state index in [2.05, 4.69) is 15.9 Å². The van der Waals surface area contributed by atoms with Crippen LogP contribution in [0.4, 0.5) is 5.69 Å². The van der Waals surface area contributed by atoms with Crippen molar-refractivity contribution >= 4 is 27.6 Å². The lowest BCUT2D eigenvalue weighted by molar-refractivity contribution is -0.138. The molecule has 5 nitrogen and oxygen atoms in total. The lowest BCUT2D eigenvalue weighted by Crippen LogP contribution is -2.41. The summed E-state index contributed by atoms with van der Waals surface area (Å²) < 4.78 is 5.94. The molecule has 1 heterocycles. The molecule has 1 aliphatic rings. The van der Waals surface area contributed by atoms with Gasteiger partial charge in [0, 0.05) is 27.8 Å². The van der Waals surface area contributed by atoms with Crippen LogP contribution in [0.1, 0.15) is 25.3 Å². The molecule has 0 aliphatic carbocycles. The molecule has 138 valence electrons. The lowest BCUT2D eigenvalue weighted by Gasteiger charge is -2.36. The van der Waals surface area contributed by atoms with Crippen molar-refractivity contribution in [3.8, 4) is 6.07 Å². The SMILES string of the molecule is CCOC(=O)/C(C#N)=C1\CC[C@](O)(c2ccccc2)N1c1ccc(Br)cc1. The third-order valence-electron chi connectivity index (χ3n) is 4.55. The molecule has 0 aromatic heterocycles. The Labute approximate surface area is 166 Å². The molecule has 0 unspecified atom stereocenters. The summed E-state index contributed by atoms with van der Waals surface area (Å²) in [5, 5.41) is 21.2. The van der Waals surface area contributed by atoms with Crippen molar-refractivity contribution in [2.24, 2.45) is 0 Å². The molecular weight excluding hydrogens is 408 g/mol. The second-order valence-electron chi connectivity index (χ2n) is 6.15. The number of carbonyl (C=O) groups is 1. The van der Waals surface area contributed by atoms with Crippen molar-refractivity contribution in [3.63, 3.8) is 0 Å². The number of aliphatic hydroxyl groups is 1. The van der Waals surface area contributed by atoms with Crippen molar-refractivity contribution in [2.75, 3.05) is 11.5 Å². The van der Waals surface area contributed by atoms with E-state index in [9.17, 15) is 15.2 Å². The average molecular weight is 427 g/mol. The Morgan fingerprint density at radius 3 is 2.52 bits per heavy atom. The Kier molecular flexibility index (Phi) is 5.64. The molecular formula is C21H19BrN2O3. The van der Waals surface area contributed by atoms with Crippen LogP contribution >= 0.6 is 15.9 Å². The summed E-state index contributed by atoms with van der Waals surface area (Å²) in [4.78, 5) is 14.0. The summed E-state index contributed by atoms with van der Waals surface area (Å²) in [6.07, 6.45) is 0.732. The van der Waals surface area contributed by atoms with E-state index < -0.39 is 11.7 Å². The Morgan fingerprint density at radius 1 is 1.26 bits per heavy atom. The highest BCUT2D eigenvalue weighted by atomic mass is 79.9. The van der Waals surface area contributed by atoms with Gasteiger partial charge < -0.3 is 14.7 Å². The van der Waals surface area contributed by atoms with E-state index in [1.165, 1.54) is 0 Å². The summed E-state index contributed by atoms with van der Waals surface area (Å²) in [6.45, 7) is 1.87. The summed E-state index contributed by atoms with van der Waals surface area (Å²) in [5.74, 6) is -0.672. The average Bonchev–Trinajstić information content (AvgIpc) is 3.02. The molecule has 6 heteroatoms. The standard InChI is InChI=1S/C21H19BrN2O3/c1-2-27-20(25)18(14-23)19-12-13-21(26,15-6-4-3-5-7-15)24(19)17-10-8-16(22)9-11-17/h3-11,26H,2,12-13H2,1H3/b19-18+/t21-/m0/s1. The highest BCUT2D eigenvalue weighted by Gasteiger charge is 2.46. The molecule has 1 atom stereocenters. The number of allylic oxidation sites excluding steroid dienone is 1. The van der Waals surface area contributed by atoms with Gasteiger partial charge in [-0.25, -0.2) is 4.79 Å². The molecule has 0 amide bonds. The molecule has 1 saturated heterocycles. The monoisotopic (exact) mass is 426 g/mol. The second-order valence-corrected chi connectivity index (χ2v) is 7.06. The van der Waals surface area contributed by atoms with Crippen molar-refractivity contribution in [1.29, 1.82) is 5.26 Å². The molecule has 0 spiro atoms. The van der Waals surface area contributed by atoms with Crippen molar-refractivity contribution in [3.05, 3.63) is 75.9 Å². The fourth-order valence-corrected chi connectivity index (χ4v) is 3.61. The van der Waals surface area contributed by atoms with Crippen molar-refractivity contribution in [1.82, 2.24) is 0 Å². The van der Waals surface area contributed by atoms with Gasteiger partial charge in [-0.2, -0.15) is 5.26 Å². The van der Waals surface area contributed by atoms with E-state index >= 15 is 0 Å². The minimum absolute atomic E-state index is 0.0772. The van der Waals surface area contributed by atoms with Gasteiger partial charge in [0.25, 0.3) is 0 Å². The van der Waals surface area contributed by atoms with Crippen LogP contribution in [0.15, 0.2) is 70.3 Å². The lowest BCUT2D eigenvalue weighted by atomic mass is 10.00. The molecule has 27 heavy (non-hydrogen) atoms. The van der Waals surface area contributed by atoms with E-state index in [0.29, 0.717) is 29.8 Å². The normalized spacial score (nSPS) is 20.9. The third-order valence-corrected chi connectivity index (χ3v) is 5.08. The molecule has 2 aromatic carbocycles. The van der Waals surface area contributed by atoms with Gasteiger partial charge in [0.15, 0.2) is 11.3 Å². The van der Waals surface area contributed by atoms with E-state index in [4.69, 9.17) is 4.74 Å². The number of ether oxygens (including phenoxy) is 1. The minimum atomic E-state index is -1.36. The van der Waals surface area contributed by atoms with Gasteiger partial charge in [-0.1, -0.05) is 46.3 Å². The van der Waals surface area contributed by atoms with Crippen molar-refractivity contribution < 1.29 is 14.6 Å². The molecule has 0 bridgehead atoms. The number of rotatable bonds is 4. The zero-order chi connectivity index (χ0) is 19.4. The number of hydrogen-bond donors (Lipinski definition) is 1. The van der Waals surface area contributed by atoms with E-state index in [1.807, 2.05) is 60.7 Å². The van der Waals surface area contributed by atoms with Crippen LogP contribution in [0.25, 0.3) is 0 Å². The summed E-state index contributed by atoms with van der Waals surface area (Å²) in [6, 6.07) is 18.6. The van der Waals surface area contributed by atoms with E-state index in [0.717, 1.165) is 4.47 Å². The van der Waals surface area contributed by atoms with Gasteiger partial charge in [-0.15, -0.1) is 0 Å². The van der Waals surface area contributed by atoms with Crippen LogP contribution in [0, 0.1) is 11.3 Å². The number of nitrogens with zero attached hydrogens (tertiary/aromatic N) is 2. The summed E-state index contributed by atoms with van der Waals surface area (Å²) in [7, 11) is 0. The fraction of sp³-hybridized carbons (Fsp3) is 0.238. The topological polar surface area (TPSA) is 73.6 Å². The molecule has 1 aliphatic heterocycles. The highest BCUT2D eigenvalue weighted by molar-refractivity contribution is 9.10. The van der Waals surface area contributed by atoms with Crippen LogP contribution in [-0.4, -0.2) is 17.7 Å². The Hall–Kier alpha value is -2.62. The van der Waals surface area contributed by atoms with Gasteiger partial charge >= 0.3 is 5.97 Å². The highest BCUT2D eigenvalue weighted by Crippen LogP contribution is 2.46. The number of nitriles is 1. The van der Waals surface area contributed by atoms with Gasteiger partial charge in [-0.3, -0.25) is 0 Å². The summed E-state index contributed by atoms with van der Waals surface area (Å²) in [5.41, 5.74) is 0.411. The van der Waals surface area contributed by atoms with Gasteiger partial charge in [0.1, 0.15) is 6.07 Å². The van der Waals surface area contributed by atoms with Crippen LogP contribution in [-0.2, 0) is 15.3 Å². The maximum absolute atomic E-state index is 12.3. The maximum atomic E-state index is 12.3. The molecule has 0 saturated carbocycles. The number of hydrogen-bond acceptors (Lipinski definition) is 5. The van der Waals surface area contributed by atoms with Gasteiger partial charge in [0.2, 0.25) is 0 Å². The van der Waals surface area contributed by atoms with Crippen LogP contribution in [0.3, 0.4) is 0 Å². The summed E-state index contributed by atoms with van der Waals surface area (Å²) >= 11 is 3.41. The predicted octanol–water partition coefficient (Wildman–Crippen LogP) is 4.24. The Morgan fingerprint density at radius 2 is 1.93 bits per heavy atom. The zero-order valence-electron chi connectivity index (χ0n) is 14.9. The first-order valence-electron chi connectivity index (χ1n) is 8.65. The smallest absolute Gasteiger partial charge is 0.350 e.